The summed E-state index contributed by atoms with van der Waals surface area (Å²) in [5, 5.41) is 6.94. The number of aromatic nitrogens is 3. The Morgan fingerprint density at radius 2 is 1.76 bits per heavy atom. The molecule has 0 unspecified atom stereocenters. The Labute approximate surface area is 199 Å². The number of benzene rings is 2. The van der Waals surface area contributed by atoms with Crippen LogP contribution >= 0.6 is 15.9 Å². The number of nitrogens with zero attached hydrogens (tertiary/aromatic N) is 3. The summed E-state index contributed by atoms with van der Waals surface area (Å²) in [6, 6.07) is 15.2. The summed E-state index contributed by atoms with van der Waals surface area (Å²) in [7, 11) is 0. The van der Waals surface area contributed by atoms with Gasteiger partial charge >= 0.3 is 0 Å². The number of carbonyl (C=O) groups excluding carboxylic acids is 1. The molecule has 2 heterocycles. The summed E-state index contributed by atoms with van der Waals surface area (Å²) >= 11 is 3.40. The number of hydrogen-bond acceptors (Lipinski definition) is 5. The van der Waals surface area contributed by atoms with Gasteiger partial charge in [0.25, 0.3) is 11.4 Å². The van der Waals surface area contributed by atoms with Crippen molar-refractivity contribution in [3.8, 4) is 22.8 Å². The average Bonchev–Trinajstić information content (AvgIpc) is 3.24. The van der Waals surface area contributed by atoms with E-state index in [9.17, 15) is 9.59 Å². The van der Waals surface area contributed by atoms with Crippen molar-refractivity contribution in [2.45, 2.75) is 34.2 Å². The first-order valence-electron chi connectivity index (χ1n) is 10.4. The van der Waals surface area contributed by atoms with Gasteiger partial charge in [-0.3, -0.25) is 9.59 Å². The molecule has 0 atom stereocenters. The molecule has 0 bridgehead atoms. The molecule has 0 saturated carbocycles. The van der Waals surface area contributed by atoms with E-state index >= 15 is 0 Å². The van der Waals surface area contributed by atoms with Gasteiger partial charge in [-0.1, -0.05) is 33.2 Å². The summed E-state index contributed by atoms with van der Waals surface area (Å²) in [6.07, 6.45) is 0. The number of nitrogens with one attached hydrogen (secondary N) is 1. The molecule has 7 nitrogen and oxygen atoms in total. The van der Waals surface area contributed by atoms with E-state index in [1.54, 1.807) is 6.92 Å². The van der Waals surface area contributed by atoms with Crippen molar-refractivity contribution >= 4 is 27.5 Å². The zero-order chi connectivity index (χ0) is 23.7. The van der Waals surface area contributed by atoms with Crippen LogP contribution in [0.4, 0.5) is 5.69 Å². The number of amides is 1. The predicted octanol–water partition coefficient (Wildman–Crippen LogP) is 5.20. The summed E-state index contributed by atoms with van der Waals surface area (Å²) in [6.45, 7) is 7.37. The third-order valence-electron chi connectivity index (χ3n) is 5.42. The number of hydrogen-bond donors (Lipinski definition) is 1. The van der Waals surface area contributed by atoms with Crippen LogP contribution in [0.3, 0.4) is 0 Å². The van der Waals surface area contributed by atoms with Gasteiger partial charge in [0.15, 0.2) is 0 Å². The highest BCUT2D eigenvalue weighted by atomic mass is 79.9. The molecule has 8 heteroatoms. The van der Waals surface area contributed by atoms with Gasteiger partial charge in [-0.15, -0.1) is 0 Å². The lowest BCUT2D eigenvalue weighted by atomic mass is 10.1. The molecule has 33 heavy (non-hydrogen) atoms. The second kappa shape index (κ2) is 9.15. The first-order chi connectivity index (χ1) is 15.7. The Morgan fingerprint density at radius 1 is 1.03 bits per heavy atom. The third-order valence-corrected chi connectivity index (χ3v) is 5.94. The molecule has 0 radical (unpaired) electrons. The van der Waals surface area contributed by atoms with Crippen molar-refractivity contribution in [2.24, 2.45) is 0 Å². The van der Waals surface area contributed by atoms with Crippen molar-refractivity contribution < 1.29 is 9.32 Å². The van der Waals surface area contributed by atoms with Crippen LogP contribution in [0.25, 0.3) is 22.8 Å². The van der Waals surface area contributed by atoms with E-state index in [-0.39, 0.29) is 29.5 Å². The van der Waals surface area contributed by atoms with Crippen molar-refractivity contribution in [2.75, 3.05) is 5.32 Å². The topological polar surface area (TPSA) is 90.0 Å². The molecule has 1 amide bonds. The average molecular weight is 507 g/mol. The van der Waals surface area contributed by atoms with Crippen molar-refractivity contribution in [3.05, 3.63) is 85.7 Å². The fourth-order valence-corrected chi connectivity index (χ4v) is 3.89. The predicted molar refractivity (Wildman–Crippen MR) is 131 cm³/mol. The highest BCUT2D eigenvalue weighted by Gasteiger charge is 2.20. The molecule has 0 saturated heterocycles. The molecular formula is C25H23BrN4O3. The van der Waals surface area contributed by atoms with E-state index in [1.807, 2.05) is 69.3 Å². The second-order valence-corrected chi connectivity index (χ2v) is 8.95. The molecular weight excluding hydrogens is 484 g/mol. The Hall–Kier alpha value is -3.52. The Kier molecular flexibility index (Phi) is 6.29. The third kappa shape index (κ3) is 4.80. The maximum Gasteiger partial charge on any atom is 0.264 e. The molecule has 4 rings (SSSR count). The lowest BCUT2D eigenvalue weighted by Crippen LogP contribution is -2.30. The van der Waals surface area contributed by atoms with Gasteiger partial charge in [-0.05, 0) is 80.8 Å². The SMILES string of the molecule is Cc1ccc(C)c(NC(=O)Cn2c(C)cc(C)c(-c3nc(-c4ccc(Br)cc4)no3)c2=O)c1. The second-order valence-electron chi connectivity index (χ2n) is 8.03. The van der Waals surface area contributed by atoms with Gasteiger partial charge in [0.05, 0.1) is 0 Å². The number of carbonyl (C=O) groups is 1. The molecule has 1 N–H and O–H groups in total. The number of pyridine rings is 1. The minimum absolute atomic E-state index is 0.124. The minimum Gasteiger partial charge on any atom is -0.333 e. The molecule has 0 fully saturated rings. The summed E-state index contributed by atoms with van der Waals surface area (Å²) < 4.78 is 7.79. The lowest BCUT2D eigenvalue weighted by molar-refractivity contribution is -0.116. The number of rotatable bonds is 5. The van der Waals surface area contributed by atoms with Gasteiger partial charge in [-0.2, -0.15) is 4.98 Å². The fourth-order valence-electron chi connectivity index (χ4n) is 3.63. The molecule has 4 aromatic rings. The van der Waals surface area contributed by atoms with Crippen LogP contribution in [0.1, 0.15) is 22.4 Å². The lowest BCUT2D eigenvalue weighted by Gasteiger charge is -2.14. The van der Waals surface area contributed by atoms with Gasteiger partial charge < -0.3 is 14.4 Å². The van der Waals surface area contributed by atoms with Gasteiger partial charge in [0.2, 0.25) is 11.7 Å². The Morgan fingerprint density at radius 3 is 2.48 bits per heavy atom. The van der Waals surface area contributed by atoms with Gasteiger partial charge in [-0.25, -0.2) is 0 Å². The van der Waals surface area contributed by atoms with E-state index in [4.69, 9.17) is 4.52 Å². The highest BCUT2D eigenvalue weighted by molar-refractivity contribution is 9.10. The quantitative estimate of drug-likeness (QED) is 0.401. The number of anilines is 1. The molecule has 2 aromatic carbocycles. The van der Waals surface area contributed by atoms with E-state index in [0.29, 0.717) is 17.1 Å². The first kappa shape index (κ1) is 22.7. The molecule has 0 aliphatic heterocycles. The fraction of sp³-hybridized carbons (Fsp3) is 0.200. The number of aryl methyl sites for hydroxylation is 4. The van der Waals surface area contributed by atoms with E-state index in [0.717, 1.165) is 26.9 Å². The zero-order valence-corrected chi connectivity index (χ0v) is 20.4. The van der Waals surface area contributed by atoms with Crippen LogP contribution in [0.15, 0.2) is 62.3 Å². The van der Waals surface area contributed by atoms with Gasteiger partial charge in [0, 0.05) is 21.4 Å². The molecule has 168 valence electrons. The first-order valence-corrected chi connectivity index (χ1v) is 11.2. The van der Waals surface area contributed by atoms with Crippen molar-refractivity contribution in [1.82, 2.24) is 14.7 Å². The van der Waals surface area contributed by atoms with E-state index < -0.39 is 0 Å². The normalized spacial score (nSPS) is 10.9. The highest BCUT2D eigenvalue weighted by Crippen LogP contribution is 2.24. The van der Waals surface area contributed by atoms with Crippen LogP contribution in [-0.2, 0) is 11.3 Å². The van der Waals surface area contributed by atoms with Crippen LogP contribution < -0.4 is 10.9 Å². The maximum atomic E-state index is 13.4. The summed E-state index contributed by atoms with van der Waals surface area (Å²) in [4.78, 5) is 30.6. The van der Waals surface area contributed by atoms with Crippen molar-refractivity contribution in [1.29, 1.82) is 0 Å². The molecule has 0 spiro atoms. The van der Waals surface area contributed by atoms with E-state index in [1.165, 1.54) is 4.57 Å². The summed E-state index contributed by atoms with van der Waals surface area (Å²) in [5.74, 6) is 0.222. The standard InChI is InChI=1S/C25H23BrN4O3/c1-14-5-6-15(2)20(11-14)27-21(31)13-30-17(4)12-16(3)22(25(30)32)24-28-23(29-33-24)18-7-9-19(26)10-8-18/h5-12H,13H2,1-4H3,(H,27,31). The largest absolute Gasteiger partial charge is 0.333 e. The summed E-state index contributed by atoms with van der Waals surface area (Å²) in [5.41, 5.74) is 4.80. The van der Waals surface area contributed by atoms with Crippen molar-refractivity contribution in [3.63, 3.8) is 0 Å². The maximum absolute atomic E-state index is 13.4. The minimum atomic E-state index is -0.352. The molecule has 0 aliphatic carbocycles. The van der Waals surface area contributed by atoms with Crippen LogP contribution in [0.2, 0.25) is 0 Å². The van der Waals surface area contributed by atoms with Crippen LogP contribution in [0, 0.1) is 27.7 Å². The molecule has 0 aliphatic rings. The smallest absolute Gasteiger partial charge is 0.264 e. The van der Waals surface area contributed by atoms with E-state index in [2.05, 4.69) is 31.4 Å². The van der Waals surface area contributed by atoms with Crippen LogP contribution in [-0.4, -0.2) is 20.6 Å². The monoisotopic (exact) mass is 506 g/mol. The molecule has 2 aromatic heterocycles. The zero-order valence-electron chi connectivity index (χ0n) is 18.8. The Balaban J connectivity index is 1.65. The number of halogens is 1. The Bertz CT molecular complexity index is 1400. The van der Waals surface area contributed by atoms with Crippen LogP contribution in [0.5, 0.6) is 0 Å². The van der Waals surface area contributed by atoms with Gasteiger partial charge in [0.1, 0.15) is 12.1 Å².